The molecule has 0 fully saturated rings. The van der Waals surface area contributed by atoms with E-state index in [4.69, 9.17) is 9.72 Å². The van der Waals surface area contributed by atoms with Gasteiger partial charge in [0.05, 0.1) is 12.6 Å². The number of nitrogens with zero attached hydrogens (tertiary/aromatic N) is 2. The molecule has 1 unspecified atom stereocenters. The molecule has 182 valence electrons. The van der Waals surface area contributed by atoms with Gasteiger partial charge in [-0.25, -0.2) is 4.98 Å². The topological polar surface area (TPSA) is 45.6 Å². The highest BCUT2D eigenvalue weighted by atomic mass is 16.5. The summed E-state index contributed by atoms with van der Waals surface area (Å²) < 4.78 is 5.87. The smallest absolute Gasteiger partial charge is 0.217 e. The molecule has 0 aliphatic rings. The van der Waals surface area contributed by atoms with Crippen LogP contribution in [0.25, 0.3) is 21.7 Å². The molecular formula is C32H32N2O2. The van der Waals surface area contributed by atoms with Crippen molar-refractivity contribution in [3.05, 3.63) is 120 Å². The van der Waals surface area contributed by atoms with Crippen LogP contribution in [0.2, 0.25) is 0 Å². The van der Waals surface area contributed by atoms with Gasteiger partial charge in [-0.2, -0.15) is 0 Å². The van der Waals surface area contributed by atoms with E-state index < -0.39 is 11.5 Å². The molecule has 0 aliphatic heterocycles. The van der Waals surface area contributed by atoms with Crippen LogP contribution in [0.5, 0.6) is 5.88 Å². The zero-order valence-electron chi connectivity index (χ0n) is 21.1. The van der Waals surface area contributed by atoms with E-state index in [9.17, 15) is 5.11 Å². The molecule has 36 heavy (non-hydrogen) atoms. The van der Waals surface area contributed by atoms with E-state index in [0.29, 0.717) is 18.8 Å². The zero-order valence-corrected chi connectivity index (χ0v) is 21.1. The first-order valence-corrected chi connectivity index (χ1v) is 12.4. The molecule has 5 aromatic rings. The van der Waals surface area contributed by atoms with E-state index in [2.05, 4.69) is 53.4 Å². The van der Waals surface area contributed by atoms with E-state index in [0.717, 1.165) is 38.4 Å². The van der Waals surface area contributed by atoms with Crippen molar-refractivity contribution in [1.82, 2.24) is 9.88 Å². The molecule has 5 rings (SSSR count). The van der Waals surface area contributed by atoms with Gasteiger partial charge in [-0.3, -0.25) is 0 Å². The van der Waals surface area contributed by atoms with Crippen LogP contribution in [0.3, 0.4) is 0 Å². The zero-order chi connectivity index (χ0) is 25.1. The van der Waals surface area contributed by atoms with E-state index in [1.165, 1.54) is 0 Å². The Morgan fingerprint density at radius 3 is 2.25 bits per heavy atom. The Hall–Kier alpha value is -3.73. The first-order chi connectivity index (χ1) is 17.5. The average Bonchev–Trinajstić information content (AvgIpc) is 2.92. The van der Waals surface area contributed by atoms with Crippen LogP contribution < -0.4 is 4.74 Å². The quantitative estimate of drug-likeness (QED) is 0.283. The number of fused-ring (bicyclic) bond motifs is 2. The van der Waals surface area contributed by atoms with Gasteiger partial charge in [0.25, 0.3) is 0 Å². The number of methoxy groups -OCH3 is 1. The molecule has 0 radical (unpaired) electrons. The van der Waals surface area contributed by atoms with Crippen molar-refractivity contribution in [3.8, 4) is 5.88 Å². The second-order valence-corrected chi connectivity index (χ2v) is 9.63. The van der Waals surface area contributed by atoms with Gasteiger partial charge in [-0.1, -0.05) is 91.0 Å². The fourth-order valence-corrected chi connectivity index (χ4v) is 5.27. The lowest BCUT2D eigenvalue weighted by Gasteiger charge is -2.39. The van der Waals surface area contributed by atoms with Gasteiger partial charge >= 0.3 is 0 Å². The van der Waals surface area contributed by atoms with Gasteiger partial charge in [-0.05, 0) is 54.5 Å². The highest BCUT2D eigenvalue weighted by Gasteiger charge is 2.43. The van der Waals surface area contributed by atoms with Crippen molar-refractivity contribution in [3.63, 3.8) is 0 Å². The molecule has 1 N–H and O–H groups in total. The van der Waals surface area contributed by atoms with Gasteiger partial charge < -0.3 is 14.7 Å². The van der Waals surface area contributed by atoms with E-state index >= 15 is 0 Å². The minimum atomic E-state index is -1.23. The Morgan fingerprint density at radius 2 is 1.50 bits per heavy atom. The van der Waals surface area contributed by atoms with Crippen LogP contribution in [0.15, 0.2) is 103 Å². The Labute approximate surface area is 212 Å². The van der Waals surface area contributed by atoms with Crippen LogP contribution >= 0.6 is 0 Å². The fourth-order valence-electron chi connectivity index (χ4n) is 5.27. The number of rotatable bonds is 8. The Kier molecular flexibility index (Phi) is 6.73. The van der Waals surface area contributed by atoms with Crippen LogP contribution in [0.1, 0.15) is 29.0 Å². The van der Waals surface area contributed by atoms with E-state index in [-0.39, 0.29) is 0 Å². The summed E-state index contributed by atoms with van der Waals surface area (Å²) in [5, 5.41) is 16.2. The molecule has 1 aromatic heterocycles. The molecule has 0 amide bonds. The molecule has 0 bridgehead atoms. The third-order valence-corrected chi connectivity index (χ3v) is 7.03. The van der Waals surface area contributed by atoms with Crippen molar-refractivity contribution in [2.75, 3.05) is 27.7 Å². The van der Waals surface area contributed by atoms with Crippen LogP contribution in [-0.2, 0) is 5.60 Å². The minimum Gasteiger partial charge on any atom is -0.481 e. The van der Waals surface area contributed by atoms with E-state index in [1.807, 2.05) is 68.7 Å². The summed E-state index contributed by atoms with van der Waals surface area (Å²) >= 11 is 0. The highest BCUT2D eigenvalue weighted by molar-refractivity contribution is 5.87. The van der Waals surface area contributed by atoms with Gasteiger partial charge in [0.1, 0.15) is 5.60 Å². The fraction of sp³-hybridized carbons (Fsp3) is 0.219. The third kappa shape index (κ3) is 4.46. The molecule has 0 saturated carbocycles. The molecule has 1 heterocycles. The first-order valence-electron chi connectivity index (χ1n) is 12.4. The Balaban J connectivity index is 1.83. The number of pyridine rings is 1. The number of para-hydroxylation sites is 1. The van der Waals surface area contributed by atoms with Crippen molar-refractivity contribution in [2.24, 2.45) is 0 Å². The predicted octanol–water partition coefficient (Wildman–Crippen LogP) is 6.37. The number of aliphatic hydroxyl groups is 1. The molecular weight excluding hydrogens is 444 g/mol. The number of aromatic nitrogens is 1. The standard InChI is InChI=1S/C32H32N2O2/c1-34(2)21-20-32(35,28-18-11-16-23-12-7-9-17-26(23)28)30(24-13-5-4-6-14-24)27-22-25-15-8-10-19-29(25)33-31(27)36-3/h4-19,22,30,35H,20-21H2,1-3H3/t30?,32-/m0/s1. The van der Waals surface area contributed by atoms with Crippen molar-refractivity contribution >= 4 is 21.7 Å². The SMILES string of the molecule is COc1nc2ccccc2cc1C(c1ccccc1)[C@](O)(CCN(C)C)c1cccc2ccccc12. The molecule has 0 aliphatic carbocycles. The summed E-state index contributed by atoms with van der Waals surface area (Å²) in [5.41, 5.74) is 2.43. The molecule has 0 saturated heterocycles. The summed E-state index contributed by atoms with van der Waals surface area (Å²) in [7, 11) is 5.73. The lowest BCUT2D eigenvalue weighted by molar-refractivity contribution is 0.00520. The maximum absolute atomic E-state index is 13.0. The molecule has 0 spiro atoms. The molecule has 4 heteroatoms. The predicted molar refractivity (Wildman–Crippen MR) is 148 cm³/mol. The monoisotopic (exact) mass is 476 g/mol. The summed E-state index contributed by atoms with van der Waals surface area (Å²) in [6.45, 7) is 0.715. The molecule has 2 atom stereocenters. The van der Waals surface area contributed by atoms with Crippen molar-refractivity contribution in [1.29, 1.82) is 0 Å². The Morgan fingerprint density at radius 1 is 0.833 bits per heavy atom. The molecule has 4 nitrogen and oxygen atoms in total. The van der Waals surface area contributed by atoms with Crippen molar-refractivity contribution < 1.29 is 9.84 Å². The Bertz CT molecular complexity index is 1480. The molecule has 4 aromatic carbocycles. The van der Waals surface area contributed by atoms with Crippen LogP contribution in [0, 0.1) is 0 Å². The average molecular weight is 477 g/mol. The lowest BCUT2D eigenvalue weighted by Crippen LogP contribution is -2.38. The summed E-state index contributed by atoms with van der Waals surface area (Å²) in [4.78, 5) is 6.98. The second-order valence-electron chi connectivity index (χ2n) is 9.63. The normalized spacial score (nSPS) is 14.1. The first kappa shape index (κ1) is 24.0. The summed E-state index contributed by atoms with van der Waals surface area (Å²) in [6.07, 6.45) is 0.531. The van der Waals surface area contributed by atoms with Crippen LogP contribution in [0.4, 0.5) is 0 Å². The maximum atomic E-state index is 13.0. The second kappa shape index (κ2) is 10.1. The lowest BCUT2D eigenvalue weighted by atomic mass is 9.70. The maximum Gasteiger partial charge on any atom is 0.217 e. The highest BCUT2D eigenvalue weighted by Crippen LogP contribution is 2.48. The number of hydrogen-bond donors (Lipinski definition) is 1. The summed E-state index contributed by atoms with van der Waals surface area (Å²) in [5.74, 6) is 0.127. The van der Waals surface area contributed by atoms with E-state index in [1.54, 1.807) is 7.11 Å². The van der Waals surface area contributed by atoms with Crippen LogP contribution in [-0.4, -0.2) is 42.7 Å². The third-order valence-electron chi connectivity index (χ3n) is 7.03. The van der Waals surface area contributed by atoms with Gasteiger partial charge in [0, 0.05) is 23.4 Å². The van der Waals surface area contributed by atoms with Gasteiger partial charge in [0.15, 0.2) is 0 Å². The number of benzene rings is 4. The minimum absolute atomic E-state index is 0.406. The largest absolute Gasteiger partial charge is 0.481 e. The van der Waals surface area contributed by atoms with Gasteiger partial charge in [-0.15, -0.1) is 0 Å². The van der Waals surface area contributed by atoms with Crippen molar-refractivity contribution in [2.45, 2.75) is 17.9 Å². The number of hydrogen-bond acceptors (Lipinski definition) is 4. The van der Waals surface area contributed by atoms with Gasteiger partial charge in [0.2, 0.25) is 5.88 Å². The summed E-state index contributed by atoms with van der Waals surface area (Å²) in [6, 6.07) is 34.9. The number of ether oxygens (including phenoxy) is 1.